The van der Waals surface area contributed by atoms with Crippen molar-refractivity contribution in [1.82, 2.24) is 5.16 Å². The van der Waals surface area contributed by atoms with Crippen molar-refractivity contribution < 1.29 is 8.91 Å². The van der Waals surface area contributed by atoms with E-state index in [2.05, 4.69) is 5.16 Å². The smallest absolute Gasteiger partial charge is 0.167 e. The molecule has 4 heteroatoms. The Morgan fingerprint density at radius 3 is 2.82 bits per heavy atom. The molecule has 0 aliphatic rings. The van der Waals surface area contributed by atoms with Crippen molar-refractivity contribution >= 4 is 11.3 Å². The van der Waals surface area contributed by atoms with Gasteiger partial charge in [-0.3, -0.25) is 0 Å². The molecule has 0 atom stereocenters. The molecule has 1 aromatic carbocycles. The van der Waals surface area contributed by atoms with Crippen molar-refractivity contribution in [2.75, 3.05) is 0 Å². The molecule has 17 heavy (non-hydrogen) atoms. The molecule has 2 aromatic heterocycles. The molecule has 0 aliphatic carbocycles. The molecule has 3 aromatic rings. The number of thiophene rings is 1. The van der Waals surface area contributed by atoms with E-state index in [1.165, 1.54) is 12.1 Å². The van der Waals surface area contributed by atoms with Crippen LogP contribution in [0.2, 0.25) is 0 Å². The quantitative estimate of drug-likeness (QED) is 0.676. The van der Waals surface area contributed by atoms with Gasteiger partial charge < -0.3 is 4.52 Å². The van der Waals surface area contributed by atoms with Crippen LogP contribution < -0.4 is 0 Å². The molecule has 3 rings (SSSR count). The molecule has 0 aliphatic heterocycles. The lowest BCUT2D eigenvalue weighted by molar-refractivity contribution is 0.435. The summed E-state index contributed by atoms with van der Waals surface area (Å²) >= 11 is 1.59. The zero-order chi connectivity index (χ0) is 11.7. The Balaban J connectivity index is 2.01. The van der Waals surface area contributed by atoms with E-state index < -0.39 is 0 Å². The summed E-state index contributed by atoms with van der Waals surface area (Å²) < 4.78 is 18.3. The first-order valence-corrected chi connectivity index (χ1v) is 5.97. The average molecular weight is 245 g/mol. The fourth-order valence-electron chi connectivity index (χ4n) is 1.59. The molecule has 0 unspecified atom stereocenters. The number of rotatable bonds is 2. The van der Waals surface area contributed by atoms with E-state index in [9.17, 15) is 4.39 Å². The predicted molar refractivity (Wildman–Crippen MR) is 65.2 cm³/mol. The summed E-state index contributed by atoms with van der Waals surface area (Å²) in [6.45, 7) is 0. The Bertz CT molecular complexity index is 630. The number of aromatic nitrogens is 1. The summed E-state index contributed by atoms with van der Waals surface area (Å²) in [6.07, 6.45) is 0. The minimum Gasteiger partial charge on any atom is -0.356 e. The fourth-order valence-corrected chi connectivity index (χ4v) is 2.27. The Labute approximate surface area is 101 Å². The minimum atomic E-state index is -0.281. The monoisotopic (exact) mass is 245 g/mol. The third-order valence-corrected chi connectivity index (χ3v) is 3.29. The van der Waals surface area contributed by atoms with Crippen LogP contribution in [0, 0.1) is 5.82 Å². The van der Waals surface area contributed by atoms with Crippen molar-refractivity contribution in [2.24, 2.45) is 0 Å². The van der Waals surface area contributed by atoms with Crippen molar-refractivity contribution in [1.29, 1.82) is 0 Å². The lowest BCUT2D eigenvalue weighted by atomic mass is 10.1. The highest BCUT2D eigenvalue weighted by Crippen LogP contribution is 2.28. The average Bonchev–Trinajstić information content (AvgIpc) is 3.00. The van der Waals surface area contributed by atoms with Crippen LogP contribution in [0.25, 0.3) is 21.9 Å². The third kappa shape index (κ3) is 1.99. The lowest BCUT2D eigenvalue weighted by Crippen LogP contribution is -1.76. The lowest BCUT2D eigenvalue weighted by Gasteiger charge is -1.93. The fraction of sp³-hybridized carbons (Fsp3) is 0. The second-order valence-corrected chi connectivity index (χ2v) is 4.51. The van der Waals surface area contributed by atoms with Crippen LogP contribution in [0.5, 0.6) is 0 Å². The van der Waals surface area contributed by atoms with E-state index in [4.69, 9.17) is 4.52 Å². The summed E-state index contributed by atoms with van der Waals surface area (Å²) in [6, 6.07) is 12.0. The number of hydrogen-bond acceptors (Lipinski definition) is 3. The van der Waals surface area contributed by atoms with Crippen LogP contribution >= 0.6 is 11.3 Å². The zero-order valence-electron chi connectivity index (χ0n) is 8.76. The Morgan fingerprint density at radius 1 is 1.12 bits per heavy atom. The Morgan fingerprint density at radius 2 is 2.06 bits per heavy atom. The molecule has 0 bridgehead atoms. The zero-order valence-corrected chi connectivity index (χ0v) is 9.58. The van der Waals surface area contributed by atoms with Crippen LogP contribution in [-0.2, 0) is 0 Å². The van der Waals surface area contributed by atoms with Gasteiger partial charge in [-0.2, -0.15) is 0 Å². The summed E-state index contributed by atoms with van der Waals surface area (Å²) in [5.41, 5.74) is 1.47. The maximum Gasteiger partial charge on any atom is 0.167 e. The highest BCUT2D eigenvalue weighted by atomic mass is 32.1. The first-order valence-electron chi connectivity index (χ1n) is 5.09. The van der Waals surface area contributed by atoms with E-state index in [1.54, 1.807) is 23.5 Å². The van der Waals surface area contributed by atoms with Gasteiger partial charge in [0.05, 0.1) is 4.88 Å². The van der Waals surface area contributed by atoms with Gasteiger partial charge in [-0.25, -0.2) is 4.39 Å². The van der Waals surface area contributed by atoms with Crippen LogP contribution in [0.1, 0.15) is 0 Å². The van der Waals surface area contributed by atoms with Crippen LogP contribution in [0.4, 0.5) is 4.39 Å². The van der Waals surface area contributed by atoms with Gasteiger partial charge in [-0.05, 0) is 23.6 Å². The first kappa shape index (κ1) is 10.2. The Hall–Kier alpha value is -1.94. The van der Waals surface area contributed by atoms with E-state index in [-0.39, 0.29) is 5.82 Å². The molecule has 0 amide bonds. The van der Waals surface area contributed by atoms with Gasteiger partial charge in [-0.15, -0.1) is 11.3 Å². The van der Waals surface area contributed by atoms with Crippen molar-refractivity contribution in [3.8, 4) is 21.9 Å². The van der Waals surface area contributed by atoms with E-state index >= 15 is 0 Å². The predicted octanol–water partition coefficient (Wildman–Crippen LogP) is 4.21. The van der Waals surface area contributed by atoms with Gasteiger partial charge in [0.25, 0.3) is 0 Å². The summed E-state index contributed by atoms with van der Waals surface area (Å²) in [5, 5.41) is 5.96. The molecule has 0 spiro atoms. The summed E-state index contributed by atoms with van der Waals surface area (Å²) in [5.74, 6) is 0.296. The topological polar surface area (TPSA) is 26.0 Å². The van der Waals surface area contributed by atoms with Crippen LogP contribution in [0.15, 0.2) is 52.4 Å². The first-order chi connectivity index (χ1) is 8.33. The number of halogens is 1. The molecule has 0 saturated heterocycles. The standard InChI is InChI=1S/C13H8FNOS/c14-10-4-1-3-9(7-10)12-8-11(15-16-12)13-5-2-6-17-13/h1-8H. The van der Waals surface area contributed by atoms with Crippen molar-refractivity contribution in [2.45, 2.75) is 0 Å². The van der Waals surface area contributed by atoms with Gasteiger partial charge in [0.1, 0.15) is 11.5 Å². The van der Waals surface area contributed by atoms with E-state index in [0.29, 0.717) is 11.3 Å². The molecule has 84 valence electrons. The molecular formula is C13H8FNOS. The highest BCUT2D eigenvalue weighted by molar-refractivity contribution is 7.13. The largest absolute Gasteiger partial charge is 0.356 e. The van der Waals surface area contributed by atoms with E-state index in [0.717, 1.165) is 10.6 Å². The maximum absolute atomic E-state index is 13.1. The molecular weight excluding hydrogens is 237 g/mol. The van der Waals surface area contributed by atoms with Gasteiger partial charge in [0.15, 0.2) is 5.76 Å². The number of benzene rings is 1. The van der Waals surface area contributed by atoms with Crippen molar-refractivity contribution in [3.05, 3.63) is 53.7 Å². The van der Waals surface area contributed by atoms with Gasteiger partial charge >= 0.3 is 0 Å². The second kappa shape index (κ2) is 4.14. The highest BCUT2D eigenvalue weighted by Gasteiger charge is 2.09. The number of nitrogens with zero attached hydrogens (tertiary/aromatic N) is 1. The Kier molecular flexibility index (Phi) is 2.49. The molecule has 0 N–H and O–H groups in total. The van der Waals surface area contributed by atoms with Gasteiger partial charge in [0, 0.05) is 11.6 Å². The molecule has 0 fully saturated rings. The number of hydrogen-bond donors (Lipinski definition) is 0. The second-order valence-electron chi connectivity index (χ2n) is 3.56. The summed E-state index contributed by atoms with van der Waals surface area (Å²) in [4.78, 5) is 1.04. The van der Waals surface area contributed by atoms with Gasteiger partial charge in [0.2, 0.25) is 0 Å². The van der Waals surface area contributed by atoms with Crippen molar-refractivity contribution in [3.63, 3.8) is 0 Å². The molecule has 0 saturated carbocycles. The minimum absolute atomic E-state index is 0.281. The summed E-state index contributed by atoms with van der Waals surface area (Å²) in [7, 11) is 0. The van der Waals surface area contributed by atoms with Gasteiger partial charge in [-0.1, -0.05) is 23.4 Å². The van der Waals surface area contributed by atoms with Crippen LogP contribution in [-0.4, -0.2) is 5.16 Å². The maximum atomic E-state index is 13.1. The third-order valence-electron chi connectivity index (χ3n) is 2.39. The molecule has 2 heterocycles. The molecule has 2 nitrogen and oxygen atoms in total. The molecule has 0 radical (unpaired) electrons. The SMILES string of the molecule is Fc1cccc(-c2cc(-c3cccs3)no2)c1. The normalized spacial score (nSPS) is 10.6. The van der Waals surface area contributed by atoms with E-state index in [1.807, 2.05) is 23.6 Å². The van der Waals surface area contributed by atoms with Crippen LogP contribution in [0.3, 0.4) is 0 Å².